The summed E-state index contributed by atoms with van der Waals surface area (Å²) < 4.78 is 1.77. The van der Waals surface area contributed by atoms with Crippen molar-refractivity contribution < 1.29 is 9.90 Å². The normalized spacial score (nSPS) is 21.6. The Morgan fingerprint density at radius 3 is 3.12 bits per heavy atom. The summed E-state index contributed by atoms with van der Waals surface area (Å²) in [5.41, 5.74) is 0. The van der Waals surface area contributed by atoms with E-state index in [0.29, 0.717) is 24.8 Å². The molecule has 2 rings (SSSR count). The van der Waals surface area contributed by atoms with Crippen molar-refractivity contribution in [1.82, 2.24) is 19.8 Å². The van der Waals surface area contributed by atoms with Crippen LogP contribution in [-0.4, -0.2) is 51.2 Å². The van der Waals surface area contributed by atoms with Crippen LogP contribution in [0.4, 0.5) is 0 Å². The van der Waals surface area contributed by atoms with Gasteiger partial charge in [0, 0.05) is 26.7 Å². The summed E-state index contributed by atoms with van der Waals surface area (Å²) in [6.07, 6.45) is 1.58. The molecule has 17 heavy (non-hydrogen) atoms. The molecule has 1 saturated heterocycles. The topological polar surface area (TPSA) is 70.4 Å². The molecule has 0 bridgehead atoms. The average Bonchev–Trinajstić information content (AvgIpc) is 2.61. The lowest BCUT2D eigenvalue weighted by atomic mass is 10.2. The number of carbonyl (C=O) groups is 1. The highest BCUT2D eigenvalue weighted by Crippen LogP contribution is 2.13. The highest BCUT2D eigenvalue weighted by Gasteiger charge is 2.29. The molecule has 1 fully saturated rings. The van der Waals surface area contributed by atoms with E-state index in [2.05, 4.69) is 10.3 Å². The Kier molecular flexibility index (Phi) is 3.66. The number of nitrogens with zero attached hydrogens (tertiary/aromatic N) is 3. The standard InChI is InChI=1S/C10H15ClN4O2/c1-14-8(11)5-13-9(14)6-15-3-2-12-4-7(15)10(16)17/h5,7,12H,2-4,6H2,1H3,(H,16,17). The molecule has 0 aliphatic carbocycles. The molecule has 1 aliphatic rings. The number of hydrogen-bond acceptors (Lipinski definition) is 4. The number of hydrogen-bond donors (Lipinski definition) is 2. The van der Waals surface area contributed by atoms with E-state index in [0.717, 1.165) is 12.4 Å². The predicted molar refractivity (Wildman–Crippen MR) is 62.9 cm³/mol. The molecular formula is C10H15ClN4O2. The Balaban J connectivity index is 2.10. The van der Waals surface area contributed by atoms with Crippen molar-refractivity contribution in [1.29, 1.82) is 0 Å². The molecule has 6 nitrogen and oxygen atoms in total. The van der Waals surface area contributed by atoms with Gasteiger partial charge in [-0.2, -0.15) is 0 Å². The van der Waals surface area contributed by atoms with E-state index < -0.39 is 12.0 Å². The third-order valence-electron chi connectivity index (χ3n) is 3.01. The van der Waals surface area contributed by atoms with Crippen molar-refractivity contribution in [2.45, 2.75) is 12.6 Å². The van der Waals surface area contributed by atoms with Crippen molar-refractivity contribution in [2.24, 2.45) is 7.05 Å². The fraction of sp³-hybridized carbons (Fsp3) is 0.600. The molecule has 1 atom stereocenters. The summed E-state index contributed by atoms with van der Waals surface area (Å²) in [7, 11) is 1.82. The van der Waals surface area contributed by atoms with Crippen molar-refractivity contribution in [3.05, 3.63) is 17.2 Å². The van der Waals surface area contributed by atoms with Crippen LogP contribution in [0.5, 0.6) is 0 Å². The van der Waals surface area contributed by atoms with E-state index >= 15 is 0 Å². The van der Waals surface area contributed by atoms with Gasteiger partial charge in [0.05, 0.1) is 12.7 Å². The number of carboxylic acid groups (broad SMARTS) is 1. The van der Waals surface area contributed by atoms with E-state index in [9.17, 15) is 4.79 Å². The first-order valence-electron chi connectivity index (χ1n) is 5.43. The molecule has 1 unspecified atom stereocenters. The maximum Gasteiger partial charge on any atom is 0.322 e. The van der Waals surface area contributed by atoms with Gasteiger partial charge in [0.1, 0.15) is 17.0 Å². The lowest BCUT2D eigenvalue weighted by Crippen LogP contribution is -2.54. The van der Waals surface area contributed by atoms with Crippen molar-refractivity contribution in [2.75, 3.05) is 19.6 Å². The summed E-state index contributed by atoms with van der Waals surface area (Å²) in [4.78, 5) is 17.2. The average molecular weight is 259 g/mol. The molecule has 0 aromatic carbocycles. The molecule has 0 radical (unpaired) electrons. The van der Waals surface area contributed by atoms with Crippen LogP contribution < -0.4 is 5.32 Å². The minimum absolute atomic E-state index is 0.466. The zero-order chi connectivity index (χ0) is 12.4. The Labute approximate surface area is 104 Å². The number of imidazole rings is 1. The van der Waals surface area contributed by atoms with Crippen LogP contribution in [0.25, 0.3) is 0 Å². The molecule has 94 valence electrons. The van der Waals surface area contributed by atoms with Crippen LogP contribution in [0.1, 0.15) is 5.82 Å². The fourth-order valence-corrected chi connectivity index (χ4v) is 2.08. The van der Waals surface area contributed by atoms with E-state index in [1.807, 2.05) is 11.9 Å². The van der Waals surface area contributed by atoms with Crippen LogP contribution in [0.15, 0.2) is 6.20 Å². The zero-order valence-corrected chi connectivity index (χ0v) is 10.3. The summed E-state index contributed by atoms with van der Waals surface area (Å²) >= 11 is 5.90. The molecule has 0 saturated carbocycles. The van der Waals surface area contributed by atoms with Crippen LogP contribution >= 0.6 is 11.6 Å². The summed E-state index contributed by atoms with van der Waals surface area (Å²) in [6, 6.07) is -0.501. The number of aliphatic carboxylic acids is 1. The Hall–Kier alpha value is -1.11. The predicted octanol–water partition coefficient (Wildman–Crippen LogP) is -0.0681. The first-order chi connectivity index (χ1) is 8.09. The number of piperazine rings is 1. The number of nitrogens with one attached hydrogen (secondary N) is 1. The number of carboxylic acids is 1. The van der Waals surface area contributed by atoms with Crippen LogP contribution in [0.3, 0.4) is 0 Å². The SMILES string of the molecule is Cn1c(Cl)cnc1CN1CCNCC1C(=O)O. The molecule has 2 heterocycles. The molecule has 0 amide bonds. The number of halogens is 1. The van der Waals surface area contributed by atoms with Gasteiger partial charge in [-0.1, -0.05) is 11.6 Å². The molecule has 7 heteroatoms. The first kappa shape index (κ1) is 12.3. The van der Waals surface area contributed by atoms with Gasteiger partial charge in [0.2, 0.25) is 0 Å². The lowest BCUT2D eigenvalue weighted by molar-refractivity contribution is -0.144. The van der Waals surface area contributed by atoms with E-state index in [-0.39, 0.29) is 0 Å². The maximum absolute atomic E-state index is 11.1. The monoisotopic (exact) mass is 258 g/mol. The van der Waals surface area contributed by atoms with Gasteiger partial charge in [-0.15, -0.1) is 0 Å². The van der Waals surface area contributed by atoms with Gasteiger partial charge in [0.25, 0.3) is 0 Å². The minimum Gasteiger partial charge on any atom is -0.480 e. The minimum atomic E-state index is -0.808. The van der Waals surface area contributed by atoms with Gasteiger partial charge in [0.15, 0.2) is 0 Å². The van der Waals surface area contributed by atoms with Crippen molar-refractivity contribution in [3.63, 3.8) is 0 Å². The quantitative estimate of drug-likeness (QED) is 0.794. The highest BCUT2D eigenvalue weighted by molar-refractivity contribution is 6.29. The van der Waals surface area contributed by atoms with Crippen LogP contribution in [0.2, 0.25) is 5.15 Å². The summed E-state index contributed by atoms with van der Waals surface area (Å²) in [6.45, 7) is 2.46. The van der Waals surface area contributed by atoms with Crippen molar-refractivity contribution in [3.8, 4) is 0 Å². The van der Waals surface area contributed by atoms with E-state index in [1.54, 1.807) is 10.8 Å². The molecule has 1 aromatic rings. The lowest BCUT2D eigenvalue weighted by Gasteiger charge is -2.32. The van der Waals surface area contributed by atoms with Crippen molar-refractivity contribution >= 4 is 17.6 Å². The maximum atomic E-state index is 11.1. The number of aromatic nitrogens is 2. The fourth-order valence-electron chi connectivity index (χ4n) is 1.93. The van der Waals surface area contributed by atoms with Crippen LogP contribution in [-0.2, 0) is 18.4 Å². The third kappa shape index (κ3) is 2.59. The van der Waals surface area contributed by atoms with E-state index in [1.165, 1.54) is 0 Å². The second-order valence-electron chi connectivity index (χ2n) is 4.08. The molecule has 1 aromatic heterocycles. The zero-order valence-electron chi connectivity index (χ0n) is 9.56. The Morgan fingerprint density at radius 2 is 2.53 bits per heavy atom. The van der Waals surface area contributed by atoms with Gasteiger partial charge in [-0.25, -0.2) is 4.98 Å². The van der Waals surface area contributed by atoms with Gasteiger partial charge >= 0.3 is 5.97 Å². The molecule has 1 aliphatic heterocycles. The third-order valence-corrected chi connectivity index (χ3v) is 3.36. The first-order valence-corrected chi connectivity index (χ1v) is 5.81. The smallest absolute Gasteiger partial charge is 0.322 e. The molecule has 0 spiro atoms. The summed E-state index contributed by atoms with van der Waals surface area (Å²) in [5, 5.41) is 12.8. The van der Waals surface area contributed by atoms with E-state index in [4.69, 9.17) is 16.7 Å². The number of rotatable bonds is 3. The van der Waals surface area contributed by atoms with Gasteiger partial charge in [-0.3, -0.25) is 9.69 Å². The molecular weight excluding hydrogens is 244 g/mol. The van der Waals surface area contributed by atoms with Crippen LogP contribution in [0, 0.1) is 0 Å². The largest absolute Gasteiger partial charge is 0.480 e. The highest BCUT2D eigenvalue weighted by atomic mass is 35.5. The van der Waals surface area contributed by atoms with Gasteiger partial charge in [-0.05, 0) is 0 Å². The van der Waals surface area contributed by atoms with Gasteiger partial charge < -0.3 is 15.0 Å². The Bertz CT molecular complexity index is 420. The summed E-state index contributed by atoms with van der Waals surface area (Å²) in [5.74, 6) is -0.0272. The second kappa shape index (κ2) is 5.03. The Morgan fingerprint density at radius 1 is 1.76 bits per heavy atom. The molecule has 2 N–H and O–H groups in total. The second-order valence-corrected chi connectivity index (χ2v) is 4.47.